The van der Waals surface area contributed by atoms with Crippen molar-refractivity contribution >= 4 is 35.7 Å². The van der Waals surface area contributed by atoms with Gasteiger partial charge in [-0.25, -0.2) is 4.79 Å². The van der Waals surface area contributed by atoms with Crippen LogP contribution in [0, 0.1) is 5.92 Å². The second-order valence-electron chi connectivity index (χ2n) is 9.30. The number of aliphatic hydroxyl groups excluding tert-OH is 1. The largest absolute Gasteiger partial charge is 0.508 e. The van der Waals surface area contributed by atoms with E-state index < -0.39 is 60.6 Å². The highest BCUT2D eigenvalue weighted by Crippen LogP contribution is 2.11. The van der Waals surface area contributed by atoms with Crippen LogP contribution in [-0.2, 0) is 39.9 Å². The van der Waals surface area contributed by atoms with Gasteiger partial charge in [0.25, 0.3) is 0 Å². The molecule has 0 spiro atoms. The van der Waals surface area contributed by atoms with Crippen LogP contribution >= 0.6 is 0 Å². The number of aliphatic carboxylic acids is 3. The van der Waals surface area contributed by atoms with Crippen molar-refractivity contribution in [2.24, 2.45) is 28.9 Å². The smallest absolute Gasteiger partial charge is 0.326 e. The van der Waals surface area contributed by atoms with Crippen molar-refractivity contribution in [1.82, 2.24) is 5.32 Å². The van der Waals surface area contributed by atoms with Crippen molar-refractivity contribution in [3.63, 3.8) is 0 Å². The number of phenolic OH excluding ortho intramolecular Hbond substituents is 1. The number of ether oxygens (including phenoxy) is 1. The third kappa shape index (κ3) is 26.3. The minimum Gasteiger partial charge on any atom is -0.508 e. The van der Waals surface area contributed by atoms with Gasteiger partial charge in [-0.1, -0.05) is 26.0 Å². The first-order valence-corrected chi connectivity index (χ1v) is 12.8. The van der Waals surface area contributed by atoms with Crippen LogP contribution in [0.4, 0.5) is 0 Å². The zero-order chi connectivity index (χ0) is 34.3. The number of nitrogens with two attached hydrogens (primary N) is 4. The molecule has 2 amide bonds. The van der Waals surface area contributed by atoms with Gasteiger partial charge in [0, 0.05) is 13.3 Å². The van der Waals surface area contributed by atoms with Crippen molar-refractivity contribution in [2.75, 3.05) is 13.7 Å². The fourth-order valence-corrected chi connectivity index (χ4v) is 2.56. The summed E-state index contributed by atoms with van der Waals surface area (Å²) in [4.78, 5) is 61.9. The topological polar surface area (TPSA) is 329 Å². The fourth-order valence-electron chi connectivity index (χ4n) is 2.56. The third-order valence-corrected chi connectivity index (χ3v) is 4.81. The monoisotopic (exact) mass is 619 g/mol. The van der Waals surface area contributed by atoms with E-state index in [1.807, 2.05) is 13.8 Å². The third-order valence-electron chi connectivity index (χ3n) is 4.81. The lowest BCUT2D eigenvalue weighted by atomic mass is 10.0. The highest BCUT2D eigenvalue weighted by molar-refractivity contribution is 5.82. The van der Waals surface area contributed by atoms with Gasteiger partial charge in [-0.15, -0.1) is 0 Å². The maximum Gasteiger partial charge on any atom is 0.326 e. The molecule has 0 bridgehead atoms. The quantitative estimate of drug-likeness (QED) is 0.108. The summed E-state index contributed by atoms with van der Waals surface area (Å²) in [6.45, 7) is 4.64. The van der Waals surface area contributed by atoms with E-state index in [-0.39, 0.29) is 30.4 Å². The summed E-state index contributed by atoms with van der Waals surface area (Å²) in [5.41, 5.74) is 21.0. The molecular formula is C26H45N5O12. The number of aromatic hydroxyl groups is 1. The molecule has 1 aromatic rings. The average molecular weight is 620 g/mol. The van der Waals surface area contributed by atoms with Crippen LogP contribution in [0.3, 0.4) is 0 Å². The zero-order valence-corrected chi connectivity index (χ0v) is 24.6. The Kier molecular flexibility index (Phi) is 24.4. The molecule has 0 radical (unpaired) electrons. The molecule has 0 heterocycles. The number of aliphatic hydroxyl groups is 1. The summed E-state index contributed by atoms with van der Waals surface area (Å²) in [5.74, 6) is -4.07. The lowest BCUT2D eigenvalue weighted by molar-refractivity contribution is -0.142. The standard InChI is InChI=1S/C10H13NO3.C8H15NO3.C5H10N2O3.C3H7NO3/c1-14-10(13)9(11)6-7-2-4-8(12)5-3-7;1-5(2)4-7(8(11)12)9-6(3)10;6-3(5(9)10)1-2-4(7)8;4-2(1-5)3(6)7/h2-5,9,12H,6,11H2,1H3;5,7H,4H2,1-3H3,(H,9,10)(H,11,12);3H,1-2,6H2,(H2,7,8)(H,9,10);2,5H,1,4H2,(H,6,7). The second-order valence-corrected chi connectivity index (χ2v) is 9.30. The molecule has 246 valence electrons. The first-order chi connectivity index (χ1) is 19.8. The predicted molar refractivity (Wildman–Crippen MR) is 153 cm³/mol. The van der Waals surface area contributed by atoms with E-state index in [0.29, 0.717) is 12.8 Å². The molecule has 0 fully saturated rings. The van der Waals surface area contributed by atoms with Crippen molar-refractivity contribution in [2.45, 2.75) is 70.6 Å². The highest BCUT2D eigenvalue weighted by Gasteiger charge is 2.19. The Hall–Kier alpha value is -4.32. The van der Waals surface area contributed by atoms with E-state index in [9.17, 15) is 28.8 Å². The van der Waals surface area contributed by atoms with E-state index >= 15 is 0 Å². The molecule has 14 N–H and O–H groups in total. The summed E-state index contributed by atoms with van der Waals surface area (Å²) in [6.07, 6.45) is 1.00. The summed E-state index contributed by atoms with van der Waals surface area (Å²) in [5, 5.41) is 44.2. The van der Waals surface area contributed by atoms with Crippen molar-refractivity contribution in [1.29, 1.82) is 0 Å². The normalized spacial score (nSPS) is 12.6. The minimum atomic E-state index is -1.18. The number of hydrogen-bond acceptors (Lipinski definition) is 12. The van der Waals surface area contributed by atoms with Gasteiger partial charge in [-0.3, -0.25) is 24.0 Å². The molecule has 0 aliphatic heterocycles. The number of carbonyl (C=O) groups is 6. The lowest BCUT2D eigenvalue weighted by Gasteiger charge is -2.14. The van der Waals surface area contributed by atoms with Gasteiger partial charge in [-0.05, 0) is 42.9 Å². The van der Waals surface area contributed by atoms with E-state index in [1.54, 1.807) is 24.3 Å². The Morgan fingerprint density at radius 3 is 1.65 bits per heavy atom. The van der Waals surface area contributed by atoms with Crippen LogP contribution < -0.4 is 28.3 Å². The number of nitrogens with one attached hydrogen (secondary N) is 1. The Morgan fingerprint density at radius 2 is 1.35 bits per heavy atom. The predicted octanol–water partition coefficient (Wildman–Crippen LogP) is -1.89. The molecule has 0 aromatic heterocycles. The Balaban J connectivity index is -0.000000511. The van der Waals surface area contributed by atoms with Crippen LogP contribution in [0.1, 0.15) is 45.6 Å². The van der Waals surface area contributed by atoms with Crippen LogP contribution in [0.25, 0.3) is 0 Å². The molecule has 1 rings (SSSR count). The number of benzene rings is 1. The zero-order valence-electron chi connectivity index (χ0n) is 24.6. The molecule has 0 saturated heterocycles. The van der Waals surface area contributed by atoms with Crippen molar-refractivity contribution < 1.29 is 59.0 Å². The number of primary amides is 1. The molecule has 17 heteroatoms. The maximum atomic E-state index is 11.0. The van der Waals surface area contributed by atoms with Gasteiger partial charge in [0.05, 0.1) is 13.7 Å². The van der Waals surface area contributed by atoms with Crippen LogP contribution in [-0.4, -0.2) is 99.1 Å². The SMILES string of the molecule is CC(=O)NC(CC(C)C)C(=O)O.COC(=O)C(N)Cc1ccc(O)cc1.NC(=O)CCC(N)C(=O)O.NC(CO)C(=O)O. The number of phenols is 1. The number of hydrogen-bond donors (Lipinski definition) is 10. The summed E-state index contributed by atoms with van der Waals surface area (Å²) >= 11 is 0. The van der Waals surface area contributed by atoms with Gasteiger partial charge in [0.1, 0.15) is 29.9 Å². The number of rotatable bonds is 13. The molecule has 0 aliphatic rings. The number of methoxy groups -OCH3 is 1. The number of esters is 1. The molecule has 0 aliphatic carbocycles. The highest BCUT2D eigenvalue weighted by atomic mass is 16.5. The molecule has 0 saturated carbocycles. The van der Waals surface area contributed by atoms with E-state index in [1.165, 1.54) is 14.0 Å². The Bertz CT molecular complexity index is 1000. The molecule has 1 aromatic carbocycles. The Labute approximate surface area is 249 Å². The molecule has 4 unspecified atom stereocenters. The molecular weight excluding hydrogens is 574 g/mol. The van der Waals surface area contributed by atoms with Crippen LogP contribution in [0.2, 0.25) is 0 Å². The van der Waals surface area contributed by atoms with Crippen molar-refractivity contribution in [3.8, 4) is 5.75 Å². The minimum absolute atomic E-state index is 0.0213. The lowest BCUT2D eigenvalue weighted by Crippen LogP contribution is -2.40. The van der Waals surface area contributed by atoms with Gasteiger partial charge in [0.2, 0.25) is 11.8 Å². The first-order valence-electron chi connectivity index (χ1n) is 12.8. The number of amides is 2. The molecule has 43 heavy (non-hydrogen) atoms. The average Bonchev–Trinajstić information content (AvgIpc) is 2.91. The van der Waals surface area contributed by atoms with Crippen molar-refractivity contribution in [3.05, 3.63) is 29.8 Å². The molecule has 17 nitrogen and oxygen atoms in total. The fraction of sp³-hybridized carbons (Fsp3) is 0.538. The van der Waals surface area contributed by atoms with Gasteiger partial charge < -0.3 is 58.5 Å². The maximum absolute atomic E-state index is 11.0. The Morgan fingerprint density at radius 1 is 0.860 bits per heavy atom. The van der Waals surface area contributed by atoms with E-state index in [2.05, 4.69) is 10.1 Å². The van der Waals surface area contributed by atoms with Crippen LogP contribution in [0.15, 0.2) is 24.3 Å². The van der Waals surface area contributed by atoms with E-state index in [4.69, 9.17) is 48.5 Å². The number of carboxylic acids is 3. The van der Waals surface area contributed by atoms with Crippen LogP contribution in [0.5, 0.6) is 5.75 Å². The first kappa shape index (κ1) is 43.1. The number of carboxylic acid groups (broad SMARTS) is 3. The van der Waals surface area contributed by atoms with E-state index in [0.717, 1.165) is 5.56 Å². The molecule has 4 atom stereocenters. The number of carbonyl (C=O) groups excluding carboxylic acids is 3. The van der Waals surface area contributed by atoms with Gasteiger partial charge >= 0.3 is 23.9 Å². The van der Waals surface area contributed by atoms with Gasteiger partial charge in [-0.2, -0.15) is 0 Å². The van der Waals surface area contributed by atoms with Gasteiger partial charge in [0.15, 0.2) is 0 Å². The summed E-state index contributed by atoms with van der Waals surface area (Å²) in [7, 11) is 1.30. The second kappa shape index (κ2) is 24.3. The summed E-state index contributed by atoms with van der Waals surface area (Å²) in [6, 6.07) is 3.05. The summed E-state index contributed by atoms with van der Waals surface area (Å²) < 4.78 is 4.49.